The predicted octanol–water partition coefficient (Wildman–Crippen LogP) is 8.17. The van der Waals surface area contributed by atoms with Crippen LogP contribution in [0.5, 0.6) is 0 Å². The van der Waals surface area contributed by atoms with Crippen LogP contribution in [-0.2, 0) is 38.1 Å². The summed E-state index contributed by atoms with van der Waals surface area (Å²) >= 11 is 0. The zero-order valence-corrected chi connectivity index (χ0v) is 42.3. The maximum Gasteiger partial charge on any atom is 0.310 e. The fraction of sp³-hybridized carbons (Fsp3) is 0.918. The molecule has 4 heterocycles. The highest BCUT2D eigenvalue weighted by molar-refractivity contribution is 5.86. The van der Waals surface area contributed by atoms with Crippen molar-refractivity contribution in [2.45, 2.75) is 250 Å². The van der Waals surface area contributed by atoms with E-state index in [0.717, 1.165) is 0 Å². The normalized spacial score (nSPS) is 28.0. The van der Waals surface area contributed by atoms with Crippen molar-refractivity contribution in [3.05, 3.63) is 0 Å². The van der Waals surface area contributed by atoms with E-state index in [2.05, 4.69) is 159 Å². The van der Waals surface area contributed by atoms with Gasteiger partial charge in [-0.05, 0) is 145 Å². The number of likely N-dealkylation sites (tertiary alicyclic amines) is 4. The van der Waals surface area contributed by atoms with Gasteiger partial charge in [0.15, 0.2) is 0 Å². The number of carbonyl (C=O) groups is 4. The van der Waals surface area contributed by atoms with Gasteiger partial charge < -0.3 is 18.9 Å². The van der Waals surface area contributed by atoms with Gasteiger partial charge in [0, 0.05) is 102 Å². The minimum atomic E-state index is -1.24. The Kier molecular flexibility index (Phi) is 14.8. The van der Waals surface area contributed by atoms with Gasteiger partial charge in [-0.1, -0.05) is 0 Å². The Bertz CT molecular complexity index is 1540. The van der Waals surface area contributed by atoms with Crippen LogP contribution in [0.3, 0.4) is 0 Å². The summed E-state index contributed by atoms with van der Waals surface area (Å²) in [6.07, 6.45) is 2.82. The first-order valence-corrected chi connectivity index (χ1v) is 23.2. The molecule has 0 N–H and O–H groups in total. The van der Waals surface area contributed by atoms with E-state index in [1.54, 1.807) is 0 Å². The third-order valence-corrected chi connectivity index (χ3v) is 16.4. The molecule has 0 aromatic carbocycles. The van der Waals surface area contributed by atoms with Crippen LogP contribution in [0.15, 0.2) is 0 Å². The van der Waals surface area contributed by atoms with Gasteiger partial charge in [0.2, 0.25) is 0 Å². The van der Waals surface area contributed by atoms with Crippen molar-refractivity contribution in [2.24, 2.45) is 11.8 Å². The maximum atomic E-state index is 14.8. The molecule has 0 aliphatic carbocycles. The average molecular weight is 861 g/mol. The Hall–Kier alpha value is -2.28. The van der Waals surface area contributed by atoms with E-state index in [0.29, 0.717) is 51.4 Å². The summed E-state index contributed by atoms with van der Waals surface area (Å²) in [5.41, 5.74) is -1.96. The molecule has 0 spiro atoms. The molecule has 0 bridgehead atoms. The van der Waals surface area contributed by atoms with Gasteiger partial charge in [0.1, 0.15) is 24.4 Å². The van der Waals surface area contributed by atoms with Crippen LogP contribution in [0.4, 0.5) is 0 Å². The van der Waals surface area contributed by atoms with Crippen LogP contribution < -0.4 is 0 Å². The van der Waals surface area contributed by atoms with Crippen LogP contribution in [0.25, 0.3) is 0 Å². The molecule has 4 fully saturated rings. The zero-order valence-electron chi connectivity index (χ0n) is 42.3. The Labute approximate surface area is 370 Å². The lowest BCUT2D eigenvalue weighted by molar-refractivity contribution is -0.180. The Morgan fingerprint density at radius 3 is 0.902 bits per heavy atom. The van der Waals surface area contributed by atoms with Crippen molar-refractivity contribution < 1.29 is 38.1 Å². The molecule has 12 heteroatoms. The molecule has 4 saturated heterocycles. The van der Waals surface area contributed by atoms with E-state index in [-0.39, 0.29) is 75.8 Å². The van der Waals surface area contributed by atoms with E-state index in [4.69, 9.17) is 18.9 Å². The molecular formula is C49H88N4O8. The zero-order chi connectivity index (χ0) is 46.7. The summed E-state index contributed by atoms with van der Waals surface area (Å²) in [4.78, 5) is 67.0. The summed E-state index contributed by atoms with van der Waals surface area (Å²) in [5, 5.41) is 0. The molecule has 4 aliphatic rings. The highest BCUT2D eigenvalue weighted by Gasteiger charge is 2.50. The smallest absolute Gasteiger partial charge is 0.310 e. The molecule has 0 aromatic heterocycles. The van der Waals surface area contributed by atoms with E-state index >= 15 is 0 Å². The summed E-state index contributed by atoms with van der Waals surface area (Å²) in [6, 6.07) is 0. The van der Waals surface area contributed by atoms with Crippen LogP contribution in [-0.4, -0.2) is 140 Å². The molecule has 4 rings (SSSR count). The lowest BCUT2D eigenvalue weighted by Crippen LogP contribution is -2.61. The molecule has 4 aliphatic heterocycles. The van der Waals surface area contributed by atoms with Crippen LogP contribution in [0, 0.1) is 11.8 Å². The molecule has 12 nitrogen and oxygen atoms in total. The molecule has 0 aromatic rings. The molecule has 2 unspecified atom stereocenters. The SMILES string of the molecule is CN1C(C)(C)CC(OC(=O)CCC(C(=O)OC2CC(C)(C)N(C)C(C)(C)C2)C(CC(=O)OC2CC(C)(C)N(C)C(C)(C)C2)C(=O)OC2CC(C)(C)N(C)C(C)(C)C2)CC1(C)C. The summed E-state index contributed by atoms with van der Waals surface area (Å²) < 4.78 is 25.3. The fourth-order valence-corrected chi connectivity index (χ4v) is 11.8. The van der Waals surface area contributed by atoms with Crippen molar-refractivity contribution >= 4 is 23.9 Å². The Balaban J connectivity index is 1.68. The quantitative estimate of drug-likeness (QED) is 0.139. The molecule has 0 amide bonds. The van der Waals surface area contributed by atoms with E-state index < -0.39 is 47.9 Å². The number of ether oxygens (including phenoxy) is 4. The molecule has 61 heavy (non-hydrogen) atoms. The van der Waals surface area contributed by atoms with Crippen LogP contribution in [0.2, 0.25) is 0 Å². The number of nitrogens with zero attached hydrogens (tertiary/aromatic N) is 4. The number of hydrogen-bond acceptors (Lipinski definition) is 12. The van der Waals surface area contributed by atoms with Crippen LogP contribution in [0.1, 0.15) is 181 Å². The second kappa shape index (κ2) is 17.6. The summed E-state index contributed by atoms with van der Waals surface area (Å²) in [7, 11) is 8.38. The van der Waals surface area contributed by atoms with Gasteiger partial charge in [-0.25, -0.2) is 0 Å². The summed E-state index contributed by atoms with van der Waals surface area (Å²) in [6.45, 7) is 34.3. The number of esters is 4. The Morgan fingerprint density at radius 1 is 0.393 bits per heavy atom. The summed E-state index contributed by atoms with van der Waals surface area (Å²) in [5.74, 6) is -4.63. The number of carbonyl (C=O) groups excluding carboxylic acids is 4. The van der Waals surface area contributed by atoms with Gasteiger partial charge in [0.05, 0.1) is 18.3 Å². The van der Waals surface area contributed by atoms with Crippen LogP contribution >= 0.6 is 0 Å². The minimum Gasteiger partial charge on any atom is -0.462 e. The van der Waals surface area contributed by atoms with Gasteiger partial charge >= 0.3 is 23.9 Å². The van der Waals surface area contributed by atoms with E-state index in [1.165, 1.54) is 0 Å². The lowest BCUT2D eigenvalue weighted by atomic mass is 9.78. The molecule has 0 saturated carbocycles. The number of rotatable bonds is 12. The second-order valence-corrected chi connectivity index (χ2v) is 24.7. The van der Waals surface area contributed by atoms with Gasteiger partial charge in [-0.15, -0.1) is 0 Å². The van der Waals surface area contributed by atoms with Crippen molar-refractivity contribution in [3.8, 4) is 0 Å². The van der Waals surface area contributed by atoms with E-state index in [1.807, 2.05) is 0 Å². The van der Waals surface area contributed by atoms with Crippen molar-refractivity contribution in [3.63, 3.8) is 0 Å². The number of hydrogen-bond donors (Lipinski definition) is 0. The van der Waals surface area contributed by atoms with E-state index in [9.17, 15) is 19.2 Å². The van der Waals surface area contributed by atoms with Crippen molar-refractivity contribution in [1.82, 2.24) is 19.6 Å². The second-order valence-electron chi connectivity index (χ2n) is 24.7. The van der Waals surface area contributed by atoms with Crippen molar-refractivity contribution in [2.75, 3.05) is 28.2 Å². The third-order valence-electron chi connectivity index (χ3n) is 16.4. The Morgan fingerprint density at radius 2 is 0.623 bits per heavy atom. The van der Waals surface area contributed by atoms with Gasteiger partial charge in [0.25, 0.3) is 0 Å². The molecule has 2 atom stereocenters. The topological polar surface area (TPSA) is 118 Å². The molecular weight excluding hydrogens is 773 g/mol. The predicted molar refractivity (Wildman–Crippen MR) is 241 cm³/mol. The first kappa shape index (κ1) is 51.4. The molecule has 0 radical (unpaired) electrons. The largest absolute Gasteiger partial charge is 0.462 e. The monoisotopic (exact) mass is 861 g/mol. The van der Waals surface area contributed by atoms with Crippen molar-refractivity contribution in [1.29, 1.82) is 0 Å². The highest BCUT2D eigenvalue weighted by Crippen LogP contribution is 2.43. The first-order valence-electron chi connectivity index (χ1n) is 23.2. The van der Waals surface area contributed by atoms with Gasteiger partial charge in [-0.2, -0.15) is 0 Å². The number of piperidine rings is 4. The maximum absolute atomic E-state index is 14.8. The standard InChI is InChI=1S/C49H88N4O8/c1-42(2)24-32(25-43(3,4)50(42)17)58-38(54)22-21-36(40(56)60-34-28-46(9,10)52(19)47(11,12)29-34)37(41(57)61-35-30-48(13,14)53(20)49(15,16)31-35)23-39(55)59-33-26-44(5,6)51(18)45(7,8)27-33/h32-37H,21-31H2,1-20H3. The molecule has 352 valence electrons. The first-order chi connectivity index (χ1) is 27.4. The minimum absolute atomic E-state index is 0.0395. The lowest BCUT2D eigenvalue weighted by Gasteiger charge is -2.53. The third kappa shape index (κ3) is 11.9. The highest BCUT2D eigenvalue weighted by atomic mass is 16.6. The average Bonchev–Trinajstić information content (AvgIpc) is 3.05. The fourth-order valence-electron chi connectivity index (χ4n) is 11.8. The van der Waals surface area contributed by atoms with Gasteiger partial charge in [-0.3, -0.25) is 38.8 Å².